The van der Waals surface area contributed by atoms with Crippen molar-refractivity contribution in [3.63, 3.8) is 0 Å². The number of thiophene rings is 1. The molecule has 2 heterocycles. The number of rotatable bonds is 6. The van der Waals surface area contributed by atoms with Crippen molar-refractivity contribution in [2.45, 2.75) is 26.4 Å². The molecule has 0 aliphatic heterocycles. The predicted octanol–water partition coefficient (Wildman–Crippen LogP) is 3.22. The fourth-order valence-corrected chi connectivity index (χ4v) is 3.45. The maximum Gasteiger partial charge on any atom is 0.437 e. The van der Waals surface area contributed by atoms with Gasteiger partial charge in [0.15, 0.2) is 0 Å². The number of halogens is 1. The van der Waals surface area contributed by atoms with Crippen molar-refractivity contribution in [1.29, 1.82) is 0 Å². The Balaban J connectivity index is 1.73. The molecule has 0 saturated heterocycles. The molecule has 0 spiro atoms. The molecule has 1 amide bonds. The van der Waals surface area contributed by atoms with Crippen LogP contribution in [0.5, 0.6) is 0 Å². The maximum absolute atomic E-state index is 13.0. The van der Waals surface area contributed by atoms with Crippen LogP contribution in [0.25, 0.3) is 11.5 Å². The van der Waals surface area contributed by atoms with Crippen LogP contribution in [0.15, 0.2) is 51.0 Å². The minimum absolute atomic E-state index is 0.0430. The van der Waals surface area contributed by atoms with Gasteiger partial charge in [-0.05, 0) is 41.6 Å². The van der Waals surface area contributed by atoms with Crippen LogP contribution in [-0.2, 0) is 11.3 Å². The van der Waals surface area contributed by atoms with Crippen molar-refractivity contribution in [2.24, 2.45) is 5.92 Å². The monoisotopic (exact) mass is 375 g/mol. The summed E-state index contributed by atoms with van der Waals surface area (Å²) < 4.78 is 19.0. The number of hydrogen-bond donors (Lipinski definition) is 1. The highest BCUT2D eigenvalue weighted by Gasteiger charge is 2.21. The van der Waals surface area contributed by atoms with E-state index in [0.717, 1.165) is 9.56 Å². The maximum atomic E-state index is 13.0. The number of carbonyl (C=O) groups excluding carboxylic acids is 1. The van der Waals surface area contributed by atoms with Crippen LogP contribution in [-0.4, -0.2) is 15.7 Å². The Hall–Kier alpha value is -2.74. The summed E-state index contributed by atoms with van der Waals surface area (Å²) >= 11 is 1.57. The SMILES string of the molecule is CC(C)[C@@H](NC(=O)Cn1nc(-c2ccc(F)cc2)oc1=O)c1cccs1. The summed E-state index contributed by atoms with van der Waals surface area (Å²) in [6.45, 7) is 3.78. The Kier molecular flexibility index (Phi) is 5.32. The van der Waals surface area contributed by atoms with Gasteiger partial charge in [-0.25, -0.2) is 9.18 Å². The molecule has 0 radical (unpaired) electrons. The summed E-state index contributed by atoms with van der Waals surface area (Å²) in [4.78, 5) is 25.4. The van der Waals surface area contributed by atoms with Gasteiger partial charge in [0.05, 0.1) is 6.04 Å². The van der Waals surface area contributed by atoms with Crippen LogP contribution >= 0.6 is 11.3 Å². The van der Waals surface area contributed by atoms with E-state index in [-0.39, 0.29) is 30.3 Å². The number of aromatic nitrogens is 2. The lowest BCUT2D eigenvalue weighted by atomic mass is 10.0. The number of nitrogens with one attached hydrogen (secondary N) is 1. The van der Waals surface area contributed by atoms with Gasteiger partial charge in [-0.2, -0.15) is 4.68 Å². The highest BCUT2D eigenvalue weighted by Crippen LogP contribution is 2.25. The molecular formula is C18H18FN3O3S. The summed E-state index contributed by atoms with van der Waals surface area (Å²) in [6.07, 6.45) is 0. The van der Waals surface area contributed by atoms with Gasteiger partial charge in [-0.3, -0.25) is 4.79 Å². The van der Waals surface area contributed by atoms with Crippen LogP contribution in [0.3, 0.4) is 0 Å². The number of benzene rings is 1. The van der Waals surface area contributed by atoms with E-state index in [1.807, 2.05) is 31.4 Å². The molecule has 26 heavy (non-hydrogen) atoms. The van der Waals surface area contributed by atoms with Gasteiger partial charge in [0.1, 0.15) is 12.4 Å². The van der Waals surface area contributed by atoms with Gasteiger partial charge in [0.2, 0.25) is 11.8 Å². The number of carbonyl (C=O) groups is 1. The van der Waals surface area contributed by atoms with Gasteiger partial charge in [0.25, 0.3) is 0 Å². The smallest absolute Gasteiger partial charge is 0.388 e. The minimum Gasteiger partial charge on any atom is -0.388 e. The molecule has 3 rings (SSSR count). The van der Waals surface area contributed by atoms with Crippen molar-refractivity contribution in [3.05, 3.63) is 63.0 Å². The molecule has 136 valence electrons. The first-order valence-electron chi connectivity index (χ1n) is 8.10. The Morgan fingerprint density at radius 2 is 2.04 bits per heavy atom. The molecular weight excluding hydrogens is 357 g/mol. The first-order valence-corrected chi connectivity index (χ1v) is 8.98. The minimum atomic E-state index is -0.739. The largest absolute Gasteiger partial charge is 0.437 e. The van der Waals surface area contributed by atoms with Crippen LogP contribution in [0, 0.1) is 11.7 Å². The second-order valence-electron chi connectivity index (χ2n) is 6.14. The fourth-order valence-electron chi connectivity index (χ4n) is 2.50. The van der Waals surface area contributed by atoms with Crippen LogP contribution in [0.2, 0.25) is 0 Å². The van der Waals surface area contributed by atoms with Crippen molar-refractivity contribution >= 4 is 17.2 Å². The molecule has 8 heteroatoms. The van der Waals surface area contributed by atoms with E-state index in [2.05, 4.69) is 10.4 Å². The quantitative estimate of drug-likeness (QED) is 0.718. The van der Waals surface area contributed by atoms with Crippen molar-refractivity contribution in [1.82, 2.24) is 15.1 Å². The summed E-state index contributed by atoms with van der Waals surface area (Å²) in [7, 11) is 0. The third-order valence-electron chi connectivity index (χ3n) is 3.82. The average molecular weight is 375 g/mol. The first kappa shape index (κ1) is 18.1. The third-order valence-corrected chi connectivity index (χ3v) is 4.78. The Labute approximate surface area is 153 Å². The molecule has 1 N–H and O–H groups in total. The van der Waals surface area contributed by atoms with E-state index in [1.54, 1.807) is 11.3 Å². The van der Waals surface area contributed by atoms with Crippen molar-refractivity contribution < 1.29 is 13.6 Å². The van der Waals surface area contributed by atoms with E-state index in [0.29, 0.717) is 5.56 Å². The predicted molar refractivity (Wildman–Crippen MR) is 96.2 cm³/mol. The number of amides is 1. The lowest BCUT2D eigenvalue weighted by molar-refractivity contribution is -0.123. The van der Waals surface area contributed by atoms with Gasteiger partial charge >= 0.3 is 5.76 Å². The second kappa shape index (κ2) is 7.65. The molecule has 0 aliphatic carbocycles. The summed E-state index contributed by atoms with van der Waals surface area (Å²) in [6, 6.07) is 9.16. The standard InChI is InChI=1S/C18H18FN3O3S/c1-11(2)16(14-4-3-9-26-14)20-15(23)10-22-18(24)25-17(21-22)12-5-7-13(19)8-6-12/h3-9,11,16H,10H2,1-2H3,(H,20,23)/t16-/m1/s1. The summed E-state index contributed by atoms with van der Waals surface area (Å²) in [5.41, 5.74) is 0.460. The molecule has 0 bridgehead atoms. The second-order valence-corrected chi connectivity index (χ2v) is 7.12. The van der Waals surface area contributed by atoms with Crippen molar-refractivity contribution in [2.75, 3.05) is 0 Å². The van der Waals surface area contributed by atoms with E-state index < -0.39 is 11.6 Å². The van der Waals surface area contributed by atoms with E-state index in [9.17, 15) is 14.0 Å². The van der Waals surface area contributed by atoms with Gasteiger partial charge in [-0.1, -0.05) is 19.9 Å². The molecule has 2 aromatic heterocycles. The lowest BCUT2D eigenvalue weighted by Crippen LogP contribution is -2.35. The average Bonchev–Trinajstić information content (AvgIpc) is 3.24. The zero-order valence-electron chi connectivity index (χ0n) is 14.3. The molecule has 0 saturated carbocycles. The van der Waals surface area contributed by atoms with Crippen LogP contribution < -0.4 is 11.1 Å². The molecule has 0 unspecified atom stereocenters. The molecule has 6 nitrogen and oxygen atoms in total. The zero-order chi connectivity index (χ0) is 18.7. The van der Waals surface area contributed by atoms with Crippen LogP contribution in [0.1, 0.15) is 24.8 Å². The number of hydrogen-bond acceptors (Lipinski definition) is 5. The van der Waals surface area contributed by atoms with Gasteiger partial charge in [0, 0.05) is 10.4 Å². The molecule has 1 aromatic carbocycles. The number of nitrogens with zero attached hydrogens (tertiary/aromatic N) is 2. The molecule has 3 aromatic rings. The molecule has 0 aliphatic rings. The van der Waals surface area contributed by atoms with Crippen molar-refractivity contribution in [3.8, 4) is 11.5 Å². The Bertz CT molecular complexity index is 930. The topological polar surface area (TPSA) is 77.1 Å². The lowest BCUT2D eigenvalue weighted by Gasteiger charge is -2.21. The molecule has 1 atom stereocenters. The van der Waals surface area contributed by atoms with E-state index in [4.69, 9.17) is 4.42 Å². The zero-order valence-corrected chi connectivity index (χ0v) is 15.1. The fraction of sp³-hybridized carbons (Fsp3) is 0.278. The summed E-state index contributed by atoms with van der Waals surface area (Å²) in [5.74, 6) is -1.24. The molecule has 0 fully saturated rings. The Morgan fingerprint density at radius 3 is 2.65 bits per heavy atom. The van der Waals surface area contributed by atoms with Crippen LogP contribution in [0.4, 0.5) is 4.39 Å². The first-order chi connectivity index (χ1) is 12.4. The Morgan fingerprint density at radius 1 is 1.31 bits per heavy atom. The highest BCUT2D eigenvalue weighted by molar-refractivity contribution is 7.10. The summed E-state index contributed by atoms with van der Waals surface area (Å²) in [5, 5.41) is 8.91. The van der Waals surface area contributed by atoms with Gasteiger partial charge < -0.3 is 9.73 Å². The van der Waals surface area contributed by atoms with E-state index >= 15 is 0 Å². The normalized spacial score (nSPS) is 12.3. The van der Waals surface area contributed by atoms with E-state index in [1.165, 1.54) is 24.3 Å². The highest BCUT2D eigenvalue weighted by atomic mass is 32.1. The third kappa shape index (κ3) is 4.08. The van der Waals surface area contributed by atoms with Gasteiger partial charge in [-0.15, -0.1) is 16.4 Å².